The first-order chi connectivity index (χ1) is 9.67. The summed E-state index contributed by atoms with van der Waals surface area (Å²) in [5.41, 5.74) is 17.4. The van der Waals surface area contributed by atoms with Crippen LogP contribution in [0, 0.1) is 0 Å². The van der Waals surface area contributed by atoms with Gasteiger partial charge in [0.15, 0.2) is 0 Å². The van der Waals surface area contributed by atoms with E-state index >= 15 is 0 Å². The summed E-state index contributed by atoms with van der Waals surface area (Å²) >= 11 is 0. The number of anilines is 2. The van der Waals surface area contributed by atoms with Crippen LogP contribution in [0.25, 0.3) is 11.1 Å². The summed E-state index contributed by atoms with van der Waals surface area (Å²) < 4.78 is 0. The number of allylic oxidation sites excluding steroid dienone is 8. The molecule has 0 atom stereocenters. The molecule has 1 aromatic rings. The van der Waals surface area contributed by atoms with Gasteiger partial charge in [0.25, 0.3) is 0 Å². The van der Waals surface area contributed by atoms with E-state index in [1.165, 1.54) is 5.57 Å². The van der Waals surface area contributed by atoms with Crippen molar-refractivity contribution in [1.29, 1.82) is 0 Å². The van der Waals surface area contributed by atoms with Crippen LogP contribution in [0.5, 0.6) is 0 Å². The standard InChI is InChI=1S/C18H20N2/c1-3-8-13(4-2)15-11-17(19)18(20)12-16(15)14-9-6-5-7-10-14/h3-4,6,8-12H,1-2,5,7,19-20H2/b13-8+. The fourth-order valence-corrected chi connectivity index (χ4v) is 2.32. The number of hydrogen-bond acceptors (Lipinski definition) is 2. The first-order valence-electron chi connectivity index (χ1n) is 6.69. The summed E-state index contributed by atoms with van der Waals surface area (Å²) in [7, 11) is 0. The Labute approximate surface area is 120 Å². The van der Waals surface area contributed by atoms with Gasteiger partial charge in [0.1, 0.15) is 0 Å². The van der Waals surface area contributed by atoms with E-state index in [2.05, 4.69) is 31.4 Å². The van der Waals surface area contributed by atoms with E-state index in [1.54, 1.807) is 6.08 Å². The van der Waals surface area contributed by atoms with E-state index in [1.807, 2.05) is 24.3 Å². The third kappa shape index (κ3) is 2.75. The zero-order chi connectivity index (χ0) is 14.5. The molecule has 0 aromatic heterocycles. The van der Waals surface area contributed by atoms with E-state index in [4.69, 9.17) is 11.5 Å². The van der Waals surface area contributed by atoms with Crippen LogP contribution < -0.4 is 11.5 Å². The van der Waals surface area contributed by atoms with E-state index in [9.17, 15) is 0 Å². The zero-order valence-electron chi connectivity index (χ0n) is 11.6. The first kappa shape index (κ1) is 13.9. The number of hydrogen-bond donors (Lipinski definition) is 2. The van der Waals surface area contributed by atoms with Gasteiger partial charge >= 0.3 is 0 Å². The molecule has 0 spiro atoms. The van der Waals surface area contributed by atoms with E-state index in [0.29, 0.717) is 11.4 Å². The molecule has 20 heavy (non-hydrogen) atoms. The number of benzene rings is 1. The molecule has 0 aliphatic heterocycles. The average Bonchev–Trinajstić information content (AvgIpc) is 2.48. The summed E-state index contributed by atoms with van der Waals surface area (Å²) in [6, 6.07) is 3.84. The Bertz CT molecular complexity index is 631. The Morgan fingerprint density at radius 3 is 2.45 bits per heavy atom. The maximum atomic E-state index is 5.97. The molecule has 0 saturated carbocycles. The van der Waals surface area contributed by atoms with Crippen molar-refractivity contribution < 1.29 is 0 Å². The van der Waals surface area contributed by atoms with E-state index < -0.39 is 0 Å². The van der Waals surface area contributed by atoms with Crippen molar-refractivity contribution in [3.05, 3.63) is 72.9 Å². The third-order valence-electron chi connectivity index (χ3n) is 3.36. The highest BCUT2D eigenvalue weighted by molar-refractivity contribution is 5.91. The molecule has 0 saturated heterocycles. The second kappa shape index (κ2) is 6.11. The average molecular weight is 264 g/mol. The molecule has 1 aliphatic rings. The van der Waals surface area contributed by atoms with Gasteiger partial charge in [-0.1, -0.05) is 49.6 Å². The Balaban J connectivity index is 2.65. The van der Waals surface area contributed by atoms with Crippen molar-refractivity contribution in [3.63, 3.8) is 0 Å². The fourth-order valence-electron chi connectivity index (χ4n) is 2.32. The first-order valence-corrected chi connectivity index (χ1v) is 6.69. The molecule has 0 unspecified atom stereocenters. The lowest BCUT2D eigenvalue weighted by Gasteiger charge is -2.16. The maximum absolute atomic E-state index is 5.97. The van der Waals surface area contributed by atoms with Gasteiger partial charge in [-0.25, -0.2) is 0 Å². The Morgan fingerprint density at radius 2 is 1.85 bits per heavy atom. The van der Waals surface area contributed by atoms with Crippen molar-refractivity contribution in [3.8, 4) is 0 Å². The van der Waals surface area contributed by atoms with Gasteiger partial charge in [-0.05, 0) is 47.2 Å². The molecule has 1 aliphatic carbocycles. The van der Waals surface area contributed by atoms with Crippen LogP contribution in [0.4, 0.5) is 11.4 Å². The molecular weight excluding hydrogens is 244 g/mol. The van der Waals surface area contributed by atoms with Crippen LogP contribution in [-0.4, -0.2) is 0 Å². The minimum atomic E-state index is 0.584. The molecule has 0 heterocycles. The minimum absolute atomic E-state index is 0.584. The smallest absolute Gasteiger partial charge is 0.0554 e. The Hall–Kier alpha value is -2.48. The molecule has 0 radical (unpaired) electrons. The Kier molecular flexibility index (Phi) is 4.26. The number of nitrogens with two attached hydrogens (primary N) is 2. The van der Waals surface area contributed by atoms with Crippen molar-refractivity contribution in [2.45, 2.75) is 12.8 Å². The molecule has 0 bridgehead atoms. The van der Waals surface area contributed by atoms with Gasteiger partial charge in [-0.2, -0.15) is 0 Å². The quantitative estimate of drug-likeness (QED) is 0.628. The predicted molar refractivity (Wildman–Crippen MR) is 90.0 cm³/mol. The van der Waals surface area contributed by atoms with Crippen LogP contribution in [0.3, 0.4) is 0 Å². The molecule has 2 heteroatoms. The molecule has 2 rings (SSSR count). The summed E-state index contributed by atoms with van der Waals surface area (Å²) in [5, 5.41) is 0. The van der Waals surface area contributed by atoms with Crippen molar-refractivity contribution in [2.75, 3.05) is 11.5 Å². The van der Waals surface area contributed by atoms with Crippen molar-refractivity contribution >= 4 is 22.5 Å². The second-order valence-corrected chi connectivity index (χ2v) is 4.73. The highest BCUT2D eigenvalue weighted by atomic mass is 14.7. The van der Waals surface area contributed by atoms with E-state index in [-0.39, 0.29) is 0 Å². The van der Waals surface area contributed by atoms with Crippen LogP contribution in [-0.2, 0) is 0 Å². The molecule has 0 amide bonds. The van der Waals surface area contributed by atoms with Crippen LogP contribution in [0.2, 0.25) is 0 Å². The highest BCUT2D eigenvalue weighted by Gasteiger charge is 2.12. The molecule has 2 nitrogen and oxygen atoms in total. The SMILES string of the molecule is C=C/C=C(\C=C)c1cc(N)c(N)cc1C1=CCCC=C1. The van der Waals surface area contributed by atoms with Gasteiger partial charge in [0, 0.05) is 0 Å². The summed E-state index contributed by atoms with van der Waals surface area (Å²) in [6.07, 6.45) is 14.1. The second-order valence-electron chi connectivity index (χ2n) is 4.73. The van der Waals surface area contributed by atoms with E-state index in [0.717, 1.165) is 29.5 Å². The number of rotatable bonds is 4. The van der Waals surface area contributed by atoms with Gasteiger partial charge in [-0.3, -0.25) is 0 Å². The van der Waals surface area contributed by atoms with Gasteiger partial charge in [0.2, 0.25) is 0 Å². The van der Waals surface area contributed by atoms with Gasteiger partial charge in [0.05, 0.1) is 11.4 Å². The van der Waals surface area contributed by atoms with Crippen molar-refractivity contribution in [1.82, 2.24) is 0 Å². The highest BCUT2D eigenvalue weighted by Crippen LogP contribution is 2.33. The molecule has 0 fully saturated rings. The summed E-state index contributed by atoms with van der Waals surface area (Å²) in [5.74, 6) is 0. The lowest BCUT2D eigenvalue weighted by atomic mass is 9.90. The Morgan fingerprint density at radius 1 is 1.10 bits per heavy atom. The normalized spacial score (nSPS) is 14.8. The van der Waals surface area contributed by atoms with Gasteiger partial charge < -0.3 is 11.5 Å². The summed E-state index contributed by atoms with van der Waals surface area (Å²) in [4.78, 5) is 0. The molecule has 1 aromatic carbocycles. The minimum Gasteiger partial charge on any atom is -0.397 e. The summed E-state index contributed by atoms with van der Waals surface area (Å²) in [6.45, 7) is 7.62. The van der Waals surface area contributed by atoms with Crippen molar-refractivity contribution in [2.24, 2.45) is 0 Å². The lowest BCUT2D eigenvalue weighted by molar-refractivity contribution is 1.04. The van der Waals surface area contributed by atoms with Crippen LogP contribution in [0.15, 0.2) is 61.7 Å². The molecular formula is C18H20N2. The zero-order valence-corrected chi connectivity index (χ0v) is 11.6. The van der Waals surface area contributed by atoms with Gasteiger partial charge in [-0.15, -0.1) is 0 Å². The molecule has 102 valence electrons. The predicted octanol–water partition coefficient (Wildman–Crippen LogP) is 4.34. The lowest BCUT2D eigenvalue weighted by Crippen LogP contribution is -2.00. The molecule has 4 N–H and O–H groups in total. The maximum Gasteiger partial charge on any atom is 0.0554 e. The fraction of sp³-hybridized carbons (Fsp3) is 0.111. The third-order valence-corrected chi connectivity index (χ3v) is 3.36. The van der Waals surface area contributed by atoms with Crippen LogP contribution >= 0.6 is 0 Å². The monoisotopic (exact) mass is 264 g/mol. The van der Waals surface area contributed by atoms with Crippen LogP contribution in [0.1, 0.15) is 24.0 Å². The topological polar surface area (TPSA) is 52.0 Å². The largest absolute Gasteiger partial charge is 0.397 e. The number of nitrogen functional groups attached to an aromatic ring is 2.